The Morgan fingerprint density at radius 2 is 1.90 bits per heavy atom. The number of hydrogen-bond acceptors (Lipinski definition) is 11. The molecule has 13 heteroatoms. The predicted molar refractivity (Wildman–Crippen MR) is 148 cm³/mol. The number of esters is 1. The van der Waals surface area contributed by atoms with Gasteiger partial charge < -0.3 is 24.7 Å². The quantitative estimate of drug-likeness (QED) is 0.251. The van der Waals surface area contributed by atoms with E-state index in [0.717, 1.165) is 0 Å². The lowest BCUT2D eigenvalue weighted by Crippen LogP contribution is -2.32. The van der Waals surface area contributed by atoms with Gasteiger partial charge >= 0.3 is 16.1 Å². The predicted octanol–water partition coefficient (Wildman–Crippen LogP) is 3.40. The van der Waals surface area contributed by atoms with Gasteiger partial charge in [0.05, 0.1) is 5.56 Å². The Morgan fingerprint density at radius 3 is 2.59 bits per heavy atom. The number of thiocarbonyl (C=S) groups is 1. The first kappa shape index (κ1) is 26.5. The van der Waals surface area contributed by atoms with Crippen molar-refractivity contribution in [2.24, 2.45) is 0 Å². The number of nitrogens with zero attached hydrogens (tertiary/aromatic N) is 2. The smallest absolute Gasteiger partial charge is 0.358 e. The lowest BCUT2D eigenvalue weighted by atomic mass is 10.1. The van der Waals surface area contributed by atoms with E-state index < -0.39 is 40.9 Å². The molecular formula is C26H24N4O7S2. The van der Waals surface area contributed by atoms with Gasteiger partial charge in [-0.2, -0.15) is 4.98 Å². The Kier molecular flexibility index (Phi) is 7.72. The summed E-state index contributed by atoms with van der Waals surface area (Å²) < 4.78 is 25.0. The van der Waals surface area contributed by atoms with E-state index in [1.807, 2.05) is 13.0 Å². The van der Waals surface area contributed by atoms with E-state index in [4.69, 9.17) is 36.9 Å². The zero-order valence-corrected chi connectivity index (χ0v) is 22.3. The van der Waals surface area contributed by atoms with Gasteiger partial charge in [0.2, 0.25) is 5.95 Å². The number of fused-ring (bicyclic) bond motifs is 1. The number of nitrogen functional groups attached to an aromatic ring is 1. The maximum atomic E-state index is 13.1. The SMILES string of the molecule is CCC(OC(=O)c1ccccc1)[C@@H]1C[C@@H](OC(=S)Oc2ccccc2)[C@H](n2c(=O)sc3c(=O)[nH]c(N)nc32)O1. The molecule has 0 aliphatic carbocycles. The van der Waals surface area contributed by atoms with Gasteiger partial charge in [-0.15, -0.1) is 0 Å². The van der Waals surface area contributed by atoms with Gasteiger partial charge in [0.25, 0.3) is 5.56 Å². The first-order valence-corrected chi connectivity index (χ1v) is 13.3. The molecule has 0 radical (unpaired) electrons. The van der Waals surface area contributed by atoms with Crippen LogP contribution in [-0.4, -0.2) is 44.1 Å². The van der Waals surface area contributed by atoms with E-state index in [9.17, 15) is 14.4 Å². The Hall–Kier alpha value is -4.07. The van der Waals surface area contributed by atoms with E-state index in [1.165, 1.54) is 4.57 Å². The minimum absolute atomic E-state index is 0.0507. The number of H-pyrrole nitrogens is 1. The molecule has 1 fully saturated rings. The molecule has 1 saturated heterocycles. The highest BCUT2D eigenvalue weighted by Crippen LogP contribution is 2.36. The van der Waals surface area contributed by atoms with Crippen LogP contribution >= 0.6 is 23.6 Å². The van der Waals surface area contributed by atoms with Gasteiger partial charge in [-0.25, -0.2) is 4.79 Å². The van der Waals surface area contributed by atoms with Crippen LogP contribution in [0.5, 0.6) is 5.75 Å². The summed E-state index contributed by atoms with van der Waals surface area (Å²) in [5.41, 5.74) is 5.67. The topological polar surface area (TPSA) is 148 Å². The number of carbonyl (C=O) groups is 1. The average molecular weight is 569 g/mol. The van der Waals surface area contributed by atoms with Crippen LogP contribution in [-0.2, 0) is 14.2 Å². The van der Waals surface area contributed by atoms with Crippen LogP contribution in [0.15, 0.2) is 70.3 Å². The van der Waals surface area contributed by atoms with Crippen molar-refractivity contribution in [1.29, 1.82) is 0 Å². The Morgan fingerprint density at radius 1 is 1.21 bits per heavy atom. The molecule has 1 aliphatic rings. The monoisotopic (exact) mass is 568 g/mol. The van der Waals surface area contributed by atoms with Crippen molar-refractivity contribution in [3.63, 3.8) is 0 Å². The number of anilines is 1. The first-order chi connectivity index (χ1) is 18.8. The normalized spacial score (nSPS) is 19.5. The van der Waals surface area contributed by atoms with E-state index >= 15 is 0 Å². The Bertz CT molecular complexity index is 1600. The van der Waals surface area contributed by atoms with Gasteiger partial charge in [-0.3, -0.25) is 19.1 Å². The number of carbonyl (C=O) groups excluding carboxylic acids is 1. The van der Waals surface area contributed by atoms with Crippen molar-refractivity contribution in [2.75, 3.05) is 5.73 Å². The summed E-state index contributed by atoms with van der Waals surface area (Å²) in [7, 11) is 0. The van der Waals surface area contributed by atoms with Crippen molar-refractivity contribution in [3.05, 3.63) is 86.2 Å². The summed E-state index contributed by atoms with van der Waals surface area (Å²) in [5, 5.41) is -0.187. The average Bonchev–Trinajstić information content (AvgIpc) is 3.47. The molecule has 4 aromatic rings. The van der Waals surface area contributed by atoms with Crippen LogP contribution in [0, 0.1) is 0 Å². The van der Waals surface area contributed by atoms with E-state index in [-0.39, 0.29) is 28.0 Å². The van der Waals surface area contributed by atoms with Gasteiger partial charge in [-0.05, 0) is 30.7 Å². The van der Waals surface area contributed by atoms with Crippen molar-refractivity contribution in [1.82, 2.24) is 14.5 Å². The van der Waals surface area contributed by atoms with E-state index in [0.29, 0.717) is 29.1 Å². The molecule has 39 heavy (non-hydrogen) atoms. The standard InChI is InChI=1S/C26H24N4O7S2/c1-2-16(36-23(32)14-9-5-3-6-10-14)17-13-18(37-26(38)34-15-11-7-4-8-12-15)22(35-17)30-20-19(39-25(30)33)21(31)29-24(27)28-20/h3-12,16-18,22H,2,13H2,1H3,(H3,27,28,29,31)/t16?,17-,18+,22+/m0/s1. The molecule has 3 N–H and O–H groups in total. The molecule has 2 aromatic heterocycles. The minimum Gasteiger partial charge on any atom is -0.456 e. The molecule has 4 atom stereocenters. The summed E-state index contributed by atoms with van der Waals surface area (Å²) in [4.78, 5) is 44.4. The molecule has 0 saturated carbocycles. The molecule has 5 rings (SSSR count). The summed E-state index contributed by atoms with van der Waals surface area (Å²) in [6.45, 7) is 1.85. The number of nitrogens with one attached hydrogen (secondary N) is 1. The third-order valence-electron chi connectivity index (χ3n) is 6.12. The number of para-hydroxylation sites is 1. The molecule has 0 bridgehead atoms. The lowest BCUT2D eigenvalue weighted by molar-refractivity contribution is -0.0810. The van der Waals surface area contributed by atoms with Gasteiger partial charge in [-0.1, -0.05) is 54.7 Å². The number of nitrogens with two attached hydrogens (primary N) is 1. The van der Waals surface area contributed by atoms with Crippen molar-refractivity contribution < 1.29 is 23.7 Å². The number of aromatic amines is 1. The molecule has 1 aliphatic heterocycles. The first-order valence-electron chi connectivity index (χ1n) is 12.1. The van der Waals surface area contributed by atoms with Crippen molar-refractivity contribution in [2.45, 2.75) is 44.3 Å². The van der Waals surface area contributed by atoms with Gasteiger partial charge in [0.15, 0.2) is 18.0 Å². The summed E-state index contributed by atoms with van der Waals surface area (Å²) in [6, 6.07) is 17.4. The fourth-order valence-corrected chi connectivity index (χ4v) is 5.41. The van der Waals surface area contributed by atoms with Crippen LogP contribution in [0.25, 0.3) is 10.3 Å². The highest BCUT2D eigenvalue weighted by molar-refractivity contribution is 7.79. The molecular weight excluding hydrogens is 544 g/mol. The second-order valence-corrected chi connectivity index (χ2v) is 9.98. The molecule has 202 valence electrons. The molecule has 0 amide bonds. The zero-order valence-electron chi connectivity index (χ0n) is 20.6. The van der Waals surface area contributed by atoms with E-state index in [2.05, 4.69) is 9.97 Å². The number of hydrogen-bond donors (Lipinski definition) is 2. The number of aromatic nitrogens is 3. The van der Waals surface area contributed by atoms with Crippen LogP contribution in [0.3, 0.4) is 0 Å². The van der Waals surface area contributed by atoms with E-state index in [1.54, 1.807) is 54.6 Å². The van der Waals surface area contributed by atoms with Crippen molar-refractivity contribution in [3.8, 4) is 5.75 Å². The fraction of sp³-hybridized carbons (Fsp3) is 0.269. The second kappa shape index (κ2) is 11.4. The molecule has 11 nitrogen and oxygen atoms in total. The second-order valence-electron chi connectivity index (χ2n) is 8.68. The third-order valence-corrected chi connectivity index (χ3v) is 7.24. The minimum atomic E-state index is -1.06. The lowest BCUT2D eigenvalue weighted by Gasteiger charge is -2.23. The number of thiazole rings is 1. The van der Waals surface area contributed by atoms with Crippen LogP contribution in [0.2, 0.25) is 0 Å². The Labute approximate surface area is 231 Å². The van der Waals surface area contributed by atoms with Crippen LogP contribution in [0.4, 0.5) is 5.95 Å². The number of ether oxygens (including phenoxy) is 4. The molecule has 3 heterocycles. The fourth-order valence-electron chi connectivity index (χ4n) is 4.34. The van der Waals surface area contributed by atoms with Gasteiger partial charge in [0.1, 0.15) is 22.7 Å². The zero-order chi connectivity index (χ0) is 27.5. The van der Waals surface area contributed by atoms with Crippen LogP contribution < -0.4 is 20.9 Å². The summed E-state index contributed by atoms with van der Waals surface area (Å²) in [6.07, 6.45) is -2.61. The maximum Gasteiger partial charge on any atom is 0.358 e. The Balaban J connectivity index is 1.45. The molecule has 0 spiro atoms. The highest BCUT2D eigenvalue weighted by atomic mass is 32.1. The van der Waals surface area contributed by atoms with Crippen LogP contribution in [0.1, 0.15) is 36.4 Å². The third kappa shape index (κ3) is 5.70. The molecule has 2 aromatic carbocycles. The highest BCUT2D eigenvalue weighted by Gasteiger charge is 2.45. The maximum absolute atomic E-state index is 13.1. The molecule has 1 unspecified atom stereocenters. The summed E-state index contributed by atoms with van der Waals surface area (Å²) >= 11 is 6.04. The number of benzene rings is 2. The van der Waals surface area contributed by atoms with Crippen molar-refractivity contribution >= 4 is 51.1 Å². The largest absolute Gasteiger partial charge is 0.456 e. The number of rotatable bonds is 7. The summed E-state index contributed by atoms with van der Waals surface area (Å²) in [5.74, 6) is -0.192. The van der Waals surface area contributed by atoms with Gasteiger partial charge in [0, 0.05) is 18.6 Å².